The number of hydrogen-bond acceptors (Lipinski definition) is 2. The van der Waals surface area contributed by atoms with E-state index in [9.17, 15) is 0 Å². The maximum Gasteiger partial charge on any atom is 0.0312 e. The normalized spacial score (nSPS) is 15.2. The van der Waals surface area contributed by atoms with E-state index in [2.05, 4.69) is 32.0 Å². The number of nitrogens with two attached hydrogens (primary N) is 2. The van der Waals surface area contributed by atoms with E-state index in [4.69, 9.17) is 11.5 Å². The highest BCUT2D eigenvalue weighted by atomic mass is 14.7. The van der Waals surface area contributed by atoms with Gasteiger partial charge in [0.15, 0.2) is 0 Å². The predicted octanol–water partition coefficient (Wildman–Crippen LogP) is 2.04. The van der Waals surface area contributed by atoms with Gasteiger partial charge in [0, 0.05) is 12.1 Å². The Labute approximate surface area is 86.3 Å². The highest BCUT2D eigenvalue weighted by molar-refractivity contribution is 5.32. The van der Waals surface area contributed by atoms with Crippen LogP contribution in [0.1, 0.15) is 36.1 Å². The van der Waals surface area contributed by atoms with E-state index in [0.717, 1.165) is 6.42 Å². The number of hydrogen-bond donors (Lipinski definition) is 2. The molecule has 0 saturated heterocycles. The Balaban J connectivity index is 2.84. The van der Waals surface area contributed by atoms with Crippen LogP contribution in [-0.4, -0.2) is 6.04 Å². The largest absolute Gasteiger partial charge is 0.328 e. The van der Waals surface area contributed by atoms with Gasteiger partial charge in [0.1, 0.15) is 0 Å². The van der Waals surface area contributed by atoms with Crippen LogP contribution in [0.4, 0.5) is 0 Å². The highest BCUT2D eigenvalue weighted by Crippen LogP contribution is 2.20. The zero-order chi connectivity index (χ0) is 10.7. The number of benzene rings is 1. The first-order valence-electron chi connectivity index (χ1n) is 5.09. The van der Waals surface area contributed by atoms with Crippen LogP contribution in [0, 0.1) is 13.8 Å². The lowest BCUT2D eigenvalue weighted by atomic mass is 9.96. The van der Waals surface area contributed by atoms with Gasteiger partial charge >= 0.3 is 0 Å². The topological polar surface area (TPSA) is 52.0 Å². The average Bonchev–Trinajstić information content (AvgIpc) is 2.01. The third-order valence-corrected chi connectivity index (χ3v) is 2.45. The van der Waals surface area contributed by atoms with Crippen LogP contribution in [0.3, 0.4) is 0 Å². The van der Waals surface area contributed by atoms with Gasteiger partial charge in [-0.05, 0) is 38.3 Å². The minimum atomic E-state index is 0.0654. The van der Waals surface area contributed by atoms with Crippen LogP contribution in [-0.2, 0) is 0 Å². The quantitative estimate of drug-likeness (QED) is 0.770. The first-order valence-corrected chi connectivity index (χ1v) is 5.09. The molecule has 78 valence electrons. The Hall–Kier alpha value is -0.860. The first kappa shape index (κ1) is 11.2. The summed E-state index contributed by atoms with van der Waals surface area (Å²) < 4.78 is 0. The summed E-state index contributed by atoms with van der Waals surface area (Å²) in [5, 5.41) is 0. The summed E-state index contributed by atoms with van der Waals surface area (Å²) in [5.41, 5.74) is 15.6. The summed E-state index contributed by atoms with van der Waals surface area (Å²) in [6.07, 6.45) is 0.837. The molecule has 1 rings (SSSR count). The number of aryl methyl sites for hydroxylation is 2. The van der Waals surface area contributed by atoms with E-state index in [1.54, 1.807) is 0 Å². The van der Waals surface area contributed by atoms with E-state index in [-0.39, 0.29) is 12.1 Å². The minimum absolute atomic E-state index is 0.0654. The van der Waals surface area contributed by atoms with Gasteiger partial charge in [0.05, 0.1) is 0 Å². The van der Waals surface area contributed by atoms with Gasteiger partial charge < -0.3 is 11.5 Å². The monoisotopic (exact) mass is 192 g/mol. The Bertz CT molecular complexity index is 305. The summed E-state index contributed by atoms with van der Waals surface area (Å²) in [7, 11) is 0. The molecule has 4 N–H and O–H groups in total. The molecule has 14 heavy (non-hydrogen) atoms. The summed E-state index contributed by atoms with van der Waals surface area (Å²) in [6, 6.07) is 6.60. The number of rotatable bonds is 3. The van der Waals surface area contributed by atoms with Crippen LogP contribution >= 0.6 is 0 Å². The molecule has 0 bridgehead atoms. The van der Waals surface area contributed by atoms with E-state index in [1.165, 1.54) is 16.7 Å². The highest BCUT2D eigenvalue weighted by Gasteiger charge is 2.10. The van der Waals surface area contributed by atoms with Crippen LogP contribution in [0.5, 0.6) is 0 Å². The molecule has 0 amide bonds. The molecular formula is C12H20N2. The fraction of sp³-hybridized carbons (Fsp3) is 0.500. The average molecular weight is 192 g/mol. The molecular weight excluding hydrogens is 172 g/mol. The maximum absolute atomic E-state index is 6.07. The molecule has 2 unspecified atom stereocenters. The van der Waals surface area contributed by atoms with Gasteiger partial charge in [0.25, 0.3) is 0 Å². The SMILES string of the molecule is Cc1ccc(C(N)CC(C)N)c(C)c1. The van der Waals surface area contributed by atoms with Crippen molar-refractivity contribution >= 4 is 0 Å². The second-order valence-electron chi connectivity index (χ2n) is 4.18. The van der Waals surface area contributed by atoms with Crippen molar-refractivity contribution in [1.29, 1.82) is 0 Å². The van der Waals surface area contributed by atoms with E-state index < -0.39 is 0 Å². The van der Waals surface area contributed by atoms with Crippen molar-refractivity contribution < 1.29 is 0 Å². The van der Waals surface area contributed by atoms with Crippen molar-refractivity contribution in [2.45, 2.75) is 39.3 Å². The predicted molar refractivity (Wildman–Crippen MR) is 61.1 cm³/mol. The van der Waals surface area contributed by atoms with Crippen LogP contribution in [0.25, 0.3) is 0 Å². The molecule has 0 spiro atoms. The third kappa shape index (κ3) is 2.82. The van der Waals surface area contributed by atoms with Crippen molar-refractivity contribution in [3.63, 3.8) is 0 Å². The maximum atomic E-state index is 6.07. The van der Waals surface area contributed by atoms with Crippen molar-refractivity contribution in [2.75, 3.05) is 0 Å². The van der Waals surface area contributed by atoms with E-state index in [1.807, 2.05) is 6.92 Å². The van der Waals surface area contributed by atoms with Crippen molar-refractivity contribution in [3.05, 3.63) is 34.9 Å². The Morgan fingerprint density at radius 3 is 2.36 bits per heavy atom. The van der Waals surface area contributed by atoms with Gasteiger partial charge in [-0.25, -0.2) is 0 Å². The van der Waals surface area contributed by atoms with Gasteiger partial charge in [-0.15, -0.1) is 0 Å². The molecule has 0 aliphatic heterocycles. The van der Waals surface area contributed by atoms with Crippen LogP contribution in [0.2, 0.25) is 0 Å². The lowest BCUT2D eigenvalue weighted by molar-refractivity contribution is 0.566. The van der Waals surface area contributed by atoms with Crippen molar-refractivity contribution in [2.24, 2.45) is 11.5 Å². The van der Waals surface area contributed by atoms with E-state index >= 15 is 0 Å². The fourth-order valence-corrected chi connectivity index (χ4v) is 1.77. The fourth-order valence-electron chi connectivity index (χ4n) is 1.77. The molecule has 1 aromatic rings. The smallest absolute Gasteiger partial charge is 0.0312 e. The lowest BCUT2D eigenvalue weighted by Gasteiger charge is -2.17. The van der Waals surface area contributed by atoms with Crippen LogP contribution in [0.15, 0.2) is 18.2 Å². The Kier molecular flexibility index (Phi) is 3.67. The van der Waals surface area contributed by atoms with Crippen molar-refractivity contribution in [1.82, 2.24) is 0 Å². The summed E-state index contributed by atoms with van der Waals surface area (Å²) in [5.74, 6) is 0. The summed E-state index contributed by atoms with van der Waals surface area (Å²) in [4.78, 5) is 0. The Morgan fingerprint density at radius 2 is 1.86 bits per heavy atom. The summed E-state index contributed by atoms with van der Waals surface area (Å²) in [6.45, 7) is 6.18. The van der Waals surface area contributed by atoms with Gasteiger partial charge in [-0.1, -0.05) is 23.8 Å². The van der Waals surface area contributed by atoms with Gasteiger partial charge in [0.2, 0.25) is 0 Å². The molecule has 0 aromatic heterocycles. The zero-order valence-electron chi connectivity index (χ0n) is 9.25. The molecule has 0 heterocycles. The standard InChI is InChI=1S/C12H20N2/c1-8-4-5-11(9(2)6-8)12(14)7-10(3)13/h4-6,10,12H,7,13-14H2,1-3H3. The minimum Gasteiger partial charge on any atom is -0.328 e. The molecule has 2 heteroatoms. The molecule has 0 aliphatic carbocycles. The van der Waals surface area contributed by atoms with Gasteiger partial charge in [-0.3, -0.25) is 0 Å². The molecule has 0 saturated carbocycles. The molecule has 0 radical (unpaired) electrons. The zero-order valence-corrected chi connectivity index (χ0v) is 9.25. The first-order chi connectivity index (χ1) is 6.50. The molecule has 0 fully saturated rings. The summed E-state index contributed by atoms with van der Waals surface area (Å²) >= 11 is 0. The molecule has 1 aromatic carbocycles. The molecule has 0 aliphatic rings. The lowest BCUT2D eigenvalue weighted by Crippen LogP contribution is -2.23. The third-order valence-electron chi connectivity index (χ3n) is 2.45. The van der Waals surface area contributed by atoms with E-state index in [0.29, 0.717) is 0 Å². The van der Waals surface area contributed by atoms with Crippen molar-refractivity contribution in [3.8, 4) is 0 Å². The molecule has 2 nitrogen and oxygen atoms in total. The van der Waals surface area contributed by atoms with Crippen LogP contribution < -0.4 is 11.5 Å². The second kappa shape index (κ2) is 4.58. The Morgan fingerprint density at radius 1 is 1.21 bits per heavy atom. The molecule has 2 atom stereocenters. The second-order valence-corrected chi connectivity index (χ2v) is 4.18. The van der Waals surface area contributed by atoms with Gasteiger partial charge in [-0.2, -0.15) is 0 Å².